The minimum absolute atomic E-state index is 0.548. The van der Waals surface area contributed by atoms with E-state index >= 15 is 0 Å². The number of benzene rings is 2. The minimum Gasteiger partial charge on any atom is -0.394 e. The maximum atomic E-state index is 10.2. The van der Waals surface area contributed by atoms with Gasteiger partial charge in [0.1, 0.15) is 61.0 Å². The van der Waals surface area contributed by atoms with Gasteiger partial charge in [0.15, 0.2) is 0 Å². The van der Waals surface area contributed by atoms with Gasteiger partial charge in [0.2, 0.25) is 0 Å². The maximum Gasteiger partial charge on any atom is 0.147 e. The molecule has 10 heteroatoms. The van der Waals surface area contributed by atoms with E-state index in [0.717, 1.165) is 10.8 Å². The van der Waals surface area contributed by atoms with E-state index in [0.29, 0.717) is 11.1 Å². The summed E-state index contributed by atoms with van der Waals surface area (Å²) in [5, 5.41) is 80.4. The van der Waals surface area contributed by atoms with Crippen LogP contribution in [0.15, 0.2) is 36.4 Å². The molecule has 36 heavy (non-hydrogen) atoms. The fourth-order valence-electron chi connectivity index (χ4n) is 4.27. The van der Waals surface area contributed by atoms with Gasteiger partial charge in [-0.15, -0.1) is 0 Å². The number of fused-ring (bicyclic) bond motifs is 1. The summed E-state index contributed by atoms with van der Waals surface area (Å²) in [6.45, 7) is -1.10. The molecule has 2 saturated heterocycles. The monoisotopic (exact) mass is 500 g/mol. The molecule has 8 N–H and O–H groups in total. The Labute approximate surface area is 207 Å². The van der Waals surface area contributed by atoms with Gasteiger partial charge in [-0.25, -0.2) is 0 Å². The van der Waals surface area contributed by atoms with Crippen LogP contribution in [-0.4, -0.2) is 115 Å². The topological polar surface area (TPSA) is 180 Å². The van der Waals surface area contributed by atoms with Gasteiger partial charge in [-0.1, -0.05) is 47.9 Å². The van der Waals surface area contributed by atoms with Crippen LogP contribution in [-0.2, 0) is 9.47 Å². The summed E-state index contributed by atoms with van der Waals surface area (Å²) in [6.07, 6.45) is -13.3. The van der Waals surface area contributed by atoms with Gasteiger partial charge < -0.3 is 50.3 Å². The lowest BCUT2D eigenvalue weighted by Crippen LogP contribution is -2.58. The second-order valence-electron chi connectivity index (χ2n) is 8.74. The summed E-state index contributed by atoms with van der Waals surface area (Å²) in [5.74, 6) is 11.4. The van der Waals surface area contributed by atoms with Crippen molar-refractivity contribution in [3.8, 4) is 23.7 Å². The molecule has 2 aromatic rings. The Balaban J connectivity index is 1.62. The average molecular weight is 501 g/mol. The van der Waals surface area contributed by atoms with Crippen LogP contribution in [0.4, 0.5) is 0 Å². The average Bonchev–Trinajstić information content (AvgIpc) is 2.89. The van der Waals surface area contributed by atoms with E-state index in [-0.39, 0.29) is 0 Å². The highest BCUT2D eigenvalue weighted by Gasteiger charge is 2.43. The van der Waals surface area contributed by atoms with Gasteiger partial charge in [-0.2, -0.15) is 0 Å². The van der Waals surface area contributed by atoms with Crippen molar-refractivity contribution in [3.63, 3.8) is 0 Å². The Hall–Kier alpha value is -2.58. The van der Waals surface area contributed by atoms with Gasteiger partial charge in [0.25, 0.3) is 0 Å². The Kier molecular flexibility index (Phi) is 8.25. The fourth-order valence-corrected chi connectivity index (χ4v) is 4.27. The van der Waals surface area contributed by atoms with Crippen LogP contribution >= 0.6 is 0 Å². The second-order valence-corrected chi connectivity index (χ2v) is 8.74. The van der Waals surface area contributed by atoms with Gasteiger partial charge >= 0.3 is 0 Å². The van der Waals surface area contributed by atoms with Crippen molar-refractivity contribution in [1.82, 2.24) is 0 Å². The Morgan fingerprint density at radius 3 is 1.31 bits per heavy atom. The molecule has 2 heterocycles. The van der Waals surface area contributed by atoms with Crippen molar-refractivity contribution in [1.29, 1.82) is 0 Å². The predicted octanol–water partition coefficient (Wildman–Crippen LogP) is -2.77. The van der Waals surface area contributed by atoms with Crippen molar-refractivity contribution in [2.45, 2.75) is 61.0 Å². The number of rotatable bonds is 2. The fraction of sp³-hybridized carbons (Fsp3) is 0.462. The molecule has 0 amide bonds. The molecule has 2 aromatic carbocycles. The Bertz CT molecular complexity index is 1100. The van der Waals surface area contributed by atoms with Crippen molar-refractivity contribution in [2.24, 2.45) is 0 Å². The van der Waals surface area contributed by atoms with Gasteiger partial charge in [-0.3, -0.25) is 0 Å². The van der Waals surface area contributed by atoms with Gasteiger partial charge in [0.05, 0.1) is 13.2 Å². The van der Waals surface area contributed by atoms with Crippen molar-refractivity contribution in [3.05, 3.63) is 47.5 Å². The van der Waals surface area contributed by atoms with Crippen LogP contribution in [0.3, 0.4) is 0 Å². The van der Waals surface area contributed by atoms with Crippen molar-refractivity contribution >= 4 is 10.8 Å². The molecule has 0 aliphatic carbocycles. The molecule has 0 saturated carbocycles. The molecule has 0 aromatic heterocycles. The van der Waals surface area contributed by atoms with E-state index in [1.54, 1.807) is 24.3 Å². The van der Waals surface area contributed by atoms with Crippen LogP contribution in [0.2, 0.25) is 0 Å². The first-order chi connectivity index (χ1) is 17.3. The van der Waals surface area contributed by atoms with Gasteiger partial charge in [0, 0.05) is 11.1 Å². The molecular weight excluding hydrogens is 472 g/mol. The minimum atomic E-state index is -1.52. The largest absolute Gasteiger partial charge is 0.394 e. The summed E-state index contributed by atoms with van der Waals surface area (Å²) in [6, 6.07) is 10.6. The smallest absolute Gasteiger partial charge is 0.147 e. The molecule has 2 aliphatic rings. The van der Waals surface area contributed by atoms with Crippen molar-refractivity contribution < 1.29 is 50.3 Å². The maximum absolute atomic E-state index is 10.2. The van der Waals surface area contributed by atoms with Crippen LogP contribution in [0, 0.1) is 23.7 Å². The SMILES string of the molecule is OCC1OC(C#Cc2cccc3c(C#CC4OC(CO)C(O)C(O)C4O)cccc23)C(O)C(O)C1O. The summed E-state index contributed by atoms with van der Waals surface area (Å²) < 4.78 is 10.9. The lowest BCUT2D eigenvalue weighted by molar-refractivity contribution is -0.214. The third-order valence-corrected chi connectivity index (χ3v) is 6.40. The first-order valence-corrected chi connectivity index (χ1v) is 11.4. The van der Waals surface area contributed by atoms with Crippen LogP contribution in [0.5, 0.6) is 0 Å². The number of aliphatic hydroxyl groups excluding tert-OH is 8. The lowest BCUT2D eigenvalue weighted by atomic mass is 9.94. The molecule has 0 spiro atoms. The van der Waals surface area contributed by atoms with Crippen molar-refractivity contribution in [2.75, 3.05) is 13.2 Å². The first kappa shape index (κ1) is 26.5. The van der Waals surface area contributed by atoms with E-state index in [1.165, 1.54) is 0 Å². The van der Waals surface area contributed by atoms with Crippen LogP contribution in [0.25, 0.3) is 10.8 Å². The molecule has 2 aliphatic heterocycles. The van der Waals surface area contributed by atoms with E-state index in [2.05, 4.69) is 23.7 Å². The van der Waals surface area contributed by atoms with Crippen LogP contribution in [0.1, 0.15) is 11.1 Å². The Morgan fingerprint density at radius 1 is 0.556 bits per heavy atom. The standard InChI is InChI=1S/C26H28O10/c27-11-19-23(31)25(33)21(29)17(35-19)9-7-13-3-1-5-15-14(4-2-6-16(13)15)8-10-18-22(30)26(34)24(32)20(12-28)36-18/h1-6,17-34H,11-12H2. The summed E-state index contributed by atoms with van der Waals surface area (Å²) in [7, 11) is 0. The zero-order chi connectivity index (χ0) is 26.0. The summed E-state index contributed by atoms with van der Waals surface area (Å²) >= 11 is 0. The Morgan fingerprint density at radius 2 is 0.944 bits per heavy atom. The number of hydrogen-bond donors (Lipinski definition) is 8. The van der Waals surface area contributed by atoms with Crippen LogP contribution < -0.4 is 0 Å². The quantitative estimate of drug-likeness (QED) is 0.201. The van der Waals surface area contributed by atoms with E-state index in [1.807, 2.05) is 12.1 Å². The van der Waals surface area contributed by atoms with E-state index in [9.17, 15) is 40.9 Å². The molecule has 192 valence electrons. The lowest BCUT2D eigenvalue weighted by Gasteiger charge is -2.37. The number of ether oxygens (including phenoxy) is 2. The molecule has 4 rings (SSSR count). The summed E-state index contributed by atoms with van der Waals surface area (Å²) in [5.41, 5.74) is 1.14. The third-order valence-electron chi connectivity index (χ3n) is 6.40. The number of aliphatic hydroxyl groups is 8. The third kappa shape index (κ3) is 5.11. The summed E-state index contributed by atoms with van der Waals surface area (Å²) in [4.78, 5) is 0. The highest BCUT2D eigenvalue weighted by molar-refractivity contribution is 5.92. The highest BCUT2D eigenvalue weighted by atomic mass is 16.5. The highest BCUT2D eigenvalue weighted by Crippen LogP contribution is 2.25. The molecular formula is C26H28O10. The van der Waals surface area contributed by atoms with E-state index in [4.69, 9.17) is 9.47 Å². The first-order valence-electron chi connectivity index (χ1n) is 11.4. The zero-order valence-electron chi connectivity index (χ0n) is 19.0. The van der Waals surface area contributed by atoms with Gasteiger partial charge in [-0.05, 0) is 22.9 Å². The number of hydrogen-bond acceptors (Lipinski definition) is 10. The molecule has 10 nitrogen and oxygen atoms in total. The predicted molar refractivity (Wildman–Crippen MR) is 125 cm³/mol. The molecule has 0 bridgehead atoms. The zero-order valence-corrected chi connectivity index (χ0v) is 19.0. The molecule has 10 atom stereocenters. The van der Waals surface area contributed by atoms with E-state index < -0.39 is 74.3 Å². The normalized spacial score (nSPS) is 36.4. The second kappa shape index (κ2) is 11.2. The molecule has 2 fully saturated rings. The molecule has 0 radical (unpaired) electrons. The molecule has 10 unspecified atom stereocenters.